The normalized spacial score (nSPS) is 12.7. The monoisotopic (exact) mass is 382 g/mol. The fourth-order valence-electron chi connectivity index (χ4n) is 2.31. The van der Waals surface area contributed by atoms with E-state index in [-0.39, 0.29) is 29.6 Å². The molecule has 0 fully saturated rings. The van der Waals surface area contributed by atoms with Crippen molar-refractivity contribution in [3.05, 3.63) is 52.5 Å². The van der Waals surface area contributed by atoms with Crippen molar-refractivity contribution in [3.63, 3.8) is 0 Å². The number of anilines is 1. The van der Waals surface area contributed by atoms with E-state index < -0.39 is 15.9 Å². The number of carbonyl (C=O) groups excluding carboxylic acids is 1. The molecule has 0 saturated heterocycles. The average molecular weight is 383 g/mol. The van der Waals surface area contributed by atoms with Crippen LogP contribution in [-0.2, 0) is 16.6 Å². The van der Waals surface area contributed by atoms with Crippen LogP contribution in [0.5, 0.6) is 11.5 Å². The number of hydrogen-bond donors (Lipinski definition) is 2. The second kappa shape index (κ2) is 6.81. The third kappa shape index (κ3) is 4.34. The van der Waals surface area contributed by atoms with Gasteiger partial charge in [-0.2, -0.15) is 0 Å². The summed E-state index contributed by atoms with van der Waals surface area (Å²) in [7, 11) is -3.44. The Morgan fingerprint density at radius 2 is 1.92 bits per heavy atom. The van der Waals surface area contributed by atoms with Gasteiger partial charge in [-0.1, -0.05) is 17.7 Å². The van der Waals surface area contributed by atoms with E-state index in [1.807, 2.05) is 6.07 Å². The van der Waals surface area contributed by atoms with E-state index in [0.29, 0.717) is 11.5 Å². The molecular weight excluding hydrogens is 368 g/mol. The maximum absolute atomic E-state index is 12.4. The first-order valence-electron chi connectivity index (χ1n) is 7.26. The van der Waals surface area contributed by atoms with Gasteiger partial charge in [0.05, 0.1) is 16.8 Å². The summed E-state index contributed by atoms with van der Waals surface area (Å²) in [6, 6.07) is 9.71. The molecule has 1 amide bonds. The van der Waals surface area contributed by atoms with Gasteiger partial charge in [0.1, 0.15) is 0 Å². The third-order valence-electron chi connectivity index (χ3n) is 3.40. The quantitative estimate of drug-likeness (QED) is 0.828. The molecule has 9 heteroatoms. The fourth-order valence-corrected chi connectivity index (χ4v) is 3.06. The van der Waals surface area contributed by atoms with Crippen LogP contribution in [0, 0.1) is 0 Å². The minimum absolute atomic E-state index is 0.177. The Kier molecular flexibility index (Phi) is 4.73. The molecule has 25 heavy (non-hydrogen) atoms. The van der Waals surface area contributed by atoms with Crippen molar-refractivity contribution in [1.29, 1.82) is 0 Å². The van der Waals surface area contributed by atoms with Gasteiger partial charge in [-0.15, -0.1) is 0 Å². The van der Waals surface area contributed by atoms with Crippen LogP contribution in [0.15, 0.2) is 36.4 Å². The molecular formula is C16H15ClN2O5S. The van der Waals surface area contributed by atoms with Crippen molar-refractivity contribution in [3.8, 4) is 11.5 Å². The minimum atomic E-state index is -3.44. The predicted molar refractivity (Wildman–Crippen MR) is 93.7 cm³/mol. The fraction of sp³-hybridized carbons (Fsp3) is 0.188. The summed E-state index contributed by atoms with van der Waals surface area (Å²) >= 11 is 6.05. The molecule has 2 aromatic carbocycles. The van der Waals surface area contributed by atoms with Gasteiger partial charge in [0.2, 0.25) is 16.8 Å². The zero-order chi connectivity index (χ0) is 18.0. The van der Waals surface area contributed by atoms with E-state index in [1.165, 1.54) is 18.2 Å². The number of amides is 1. The van der Waals surface area contributed by atoms with Crippen LogP contribution >= 0.6 is 11.6 Å². The van der Waals surface area contributed by atoms with E-state index >= 15 is 0 Å². The maximum atomic E-state index is 12.4. The van der Waals surface area contributed by atoms with Crippen LogP contribution in [0.25, 0.3) is 0 Å². The third-order valence-corrected chi connectivity index (χ3v) is 4.34. The lowest BCUT2D eigenvalue weighted by Gasteiger charge is -2.10. The molecule has 0 unspecified atom stereocenters. The number of carbonyl (C=O) groups is 1. The second-order valence-electron chi connectivity index (χ2n) is 5.44. The van der Waals surface area contributed by atoms with Gasteiger partial charge < -0.3 is 14.8 Å². The number of nitrogens with one attached hydrogen (secondary N) is 2. The Hall–Kier alpha value is -2.45. The van der Waals surface area contributed by atoms with Crippen molar-refractivity contribution < 1.29 is 22.7 Å². The summed E-state index contributed by atoms with van der Waals surface area (Å²) in [5.41, 5.74) is 1.27. The SMILES string of the molecule is CS(=O)(=O)Nc1ccc(Cl)c(C(=O)NCc2ccc3c(c2)OCO3)c1. The van der Waals surface area contributed by atoms with Gasteiger partial charge in [0.25, 0.3) is 5.91 Å². The lowest BCUT2D eigenvalue weighted by molar-refractivity contribution is 0.0951. The Balaban J connectivity index is 1.71. The number of ether oxygens (including phenoxy) is 2. The standard InChI is InChI=1S/C16H15ClN2O5S/c1-25(21,22)19-11-3-4-13(17)12(7-11)16(20)18-8-10-2-5-14-15(6-10)24-9-23-14/h2-7,19H,8-9H2,1H3,(H,18,20). The maximum Gasteiger partial charge on any atom is 0.253 e. The van der Waals surface area contributed by atoms with Crippen molar-refractivity contribution in [2.45, 2.75) is 6.54 Å². The average Bonchev–Trinajstić information content (AvgIpc) is 3.00. The Labute approximate surface area is 149 Å². The Morgan fingerprint density at radius 3 is 2.68 bits per heavy atom. The Bertz CT molecular complexity index is 930. The highest BCUT2D eigenvalue weighted by Crippen LogP contribution is 2.32. The summed E-state index contributed by atoms with van der Waals surface area (Å²) in [6.45, 7) is 0.441. The molecule has 0 atom stereocenters. The van der Waals surface area contributed by atoms with E-state index in [9.17, 15) is 13.2 Å². The van der Waals surface area contributed by atoms with Gasteiger partial charge in [-0.25, -0.2) is 8.42 Å². The molecule has 0 aromatic heterocycles. The van der Waals surface area contributed by atoms with Gasteiger partial charge in [0.15, 0.2) is 11.5 Å². The highest BCUT2D eigenvalue weighted by Gasteiger charge is 2.15. The molecule has 132 valence electrons. The topological polar surface area (TPSA) is 93.7 Å². The smallest absolute Gasteiger partial charge is 0.253 e. The van der Waals surface area contributed by atoms with Crippen LogP contribution in [0.3, 0.4) is 0 Å². The lowest BCUT2D eigenvalue weighted by Crippen LogP contribution is -2.23. The zero-order valence-electron chi connectivity index (χ0n) is 13.2. The number of sulfonamides is 1. The molecule has 0 saturated carbocycles. The molecule has 0 bridgehead atoms. The van der Waals surface area contributed by atoms with Gasteiger partial charge in [-0.05, 0) is 35.9 Å². The lowest BCUT2D eigenvalue weighted by atomic mass is 10.1. The summed E-state index contributed by atoms with van der Waals surface area (Å²) in [4.78, 5) is 12.4. The minimum Gasteiger partial charge on any atom is -0.454 e. The molecule has 1 heterocycles. The van der Waals surface area contributed by atoms with E-state index in [2.05, 4.69) is 10.0 Å². The van der Waals surface area contributed by atoms with Crippen LogP contribution in [0.4, 0.5) is 5.69 Å². The summed E-state index contributed by atoms with van der Waals surface area (Å²) < 4.78 is 35.4. The van der Waals surface area contributed by atoms with Crippen LogP contribution in [0.2, 0.25) is 5.02 Å². The summed E-state index contributed by atoms with van der Waals surface area (Å²) in [5, 5.41) is 2.96. The summed E-state index contributed by atoms with van der Waals surface area (Å²) in [6.07, 6.45) is 1.03. The first-order chi connectivity index (χ1) is 11.8. The molecule has 0 aliphatic carbocycles. The zero-order valence-corrected chi connectivity index (χ0v) is 14.8. The predicted octanol–water partition coefficient (Wildman–Crippen LogP) is 2.37. The van der Waals surface area contributed by atoms with Crippen LogP contribution in [-0.4, -0.2) is 27.4 Å². The van der Waals surface area contributed by atoms with Gasteiger partial charge in [0, 0.05) is 12.2 Å². The first kappa shape index (κ1) is 17.4. The number of hydrogen-bond acceptors (Lipinski definition) is 5. The van der Waals surface area contributed by atoms with Crippen molar-refractivity contribution in [2.24, 2.45) is 0 Å². The Morgan fingerprint density at radius 1 is 1.16 bits per heavy atom. The van der Waals surface area contributed by atoms with E-state index in [1.54, 1.807) is 12.1 Å². The van der Waals surface area contributed by atoms with Crippen molar-refractivity contribution in [1.82, 2.24) is 5.32 Å². The largest absolute Gasteiger partial charge is 0.454 e. The summed E-state index contributed by atoms with van der Waals surface area (Å²) in [5.74, 6) is 0.877. The second-order valence-corrected chi connectivity index (χ2v) is 7.59. The number of benzene rings is 2. The highest BCUT2D eigenvalue weighted by atomic mass is 35.5. The molecule has 2 N–H and O–H groups in total. The van der Waals surface area contributed by atoms with Gasteiger partial charge in [-0.3, -0.25) is 9.52 Å². The van der Waals surface area contributed by atoms with Crippen molar-refractivity contribution >= 4 is 33.2 Å². The van der Waals surface area contributed by atoms with E-state index in [4.69, 9.17) is 21.1 Å². The van der Waals surface area contributed by atoms with Crippen LogP contribution < -0.4 is 19.5 Å². The molecule has 0 spiro atoms. The van der Waals surface area contributed by atoms with E-state index in [0.717, 1.165) is 11.8 Å². The van der Waals surface area contributed by atoms with Crippen molar-refractivity contribution in [2.75, 3.05) is 17.8 Å². The molecule has 3 rings (SSSR count). The van der Waals surface area contributed by atoms with Gasteiger partial charge >= 0.3 is 0 Å². The molecule has 1 aliphatic heterocycles. The number of halogens is 1. The molecule has 0 radical (unpaired) electrons. The highest BCUT2D eigenvalue weighted by molar-refractivity contribution is 7.92. The molecule has 7 nitrogen and oxygen atoms in total. The molecule has 2 aromatic rings. The molecule has 1 aliphatic rings. The first-order valence-corrected chi connectivity index (χ1v) is 9.53. The number of rotatable bonds is 5. The van der Waals surface area contributed by atoms with Crippen LogP contribution in [0.1, 0.15) is 15.9 Å². The number of fused-ring (bicyclic) bond motifs is 1.